The molecular formula is C24H29NO4. The molecule has 154 valence electrons. The average molecular weight is 395 g/mol. The number of ether oxygens (including phenoxy) is 3. The Kier molecular flexibility index (Phi) is 7.17. The highest BCUT2D eigenvalue weighted by atomic mass is 16.5. The van der Waals surface area contributed by atoms with E-state index in [1.807, 2.05) is 17.0 Å². The van der Waals surface area contributed by atoms with Crippen LogP contribution in [0.3, 0.4) is 0 Å². The maximum absolute atomic E-state index is 12.7. The minimum Gasteiger partial charge on any atom is -0.493 e. The highest BCUT2D eigenvalue weighted by Gasteiger charge is 2.22. The minimum atomic E-state index is 0.0278. The maximum Gasteiger partial charge on any atom is 0.246 e. The lowest BCUT2D eigenvalue weighted by atomic mass is 9.90. The molecule has 1 amide bonds. The van der Waals surface area contributed by atoms with Crippen molar-refractivity contribution in [2.75, 3.05) is 34.4 Å². The second-order valence-electron chi connectivity index (χ2n) is 7.22. The Hall–Kier alpha value is -2.95. The van der Waals surface area contributed by atoms with Crippen LogP contribution in [0.1, 0.15) is 24.0 Å². The van der Waals surface area contributed by atoms with Crippen molar-refractivity contribution in [2.45, 2.75) is 19.3 Å². The third-order valence-electron chi connectivity index (χ3n) is 5.43. The largest absolute Gasteiger partial charge is 0.493 e. The lowest BCUT2D eigenvalue weighted by Crippen LogP contribution is -2.37. The van der Waals surface area contributed by atoms with Gasteiger partial charge in [-0.2, -0.15) is 0 Å². The fourth-order valence-electron chi connectivity index (χ4n) is 3.83. The zero-order valence-corrected chi connectivity index (χ0v) is 17.4. The number of likely N-dealkylation sites (tertiary alicyclic amines) is 1. The molecule has 0 N–H and O–H groups in total. The molecule has 1 aliphatic rings. The van der Waals surface area contributed by atoms with Crippen molar-refractivity contribution in [3.63, 3.8) is 0 Å². The molecule has 3 rings (SSSR count). The molecular weight excluding hydrogens is 366 g/mol. The summed E-state index contributed by atoms with van der Waals surface area (Å²) in [4.78, 5) is 14.6. The normalized spacial score (nSPS) is 14.8. The number of methoxy groups -OCH3 is 3. The summed E-state index contributed by atoms with van der Waals surface area (Å²) in [7, 11) is 4.73. The first-order chi connectivity index (χ1) is 14.2. The molecule has 2 aromatic rings. The molecule has 5 nitrogen and oxygen atoms in total. The van der Waals surface area contributed by atoms with Gasteiger partial charge in [-0.3, -0.25) is 4.79 Å². The number of benzene rings is 2. The first-order valence-electron chi connectivity index (χ1n) is 9.96. The molecule has 2 aromatic carbocycles. The quantitative estimate of drug-likeness (QED) is 0.659. The highest BCUT2D eigenvalue weighted by Crippen LogP contribution is 2.40. The summed E-state index contributed by atoms with van der Waals surface area (Å²) in [5, 5.41) is 0. The van der Waals surface area contributed by atoms with E-state index in [1.54, 1.807) is 39.5 Å². The number of carbonyl (C=O) groups excluding carboxylic acids is 1. The van der Waals surface area contributed by atoms with Crippen LogP contribution in [-0.2, 0) is 11.2 Å². The number of hydrogen-bond acceptors (Lipinski definition) is 4. The average Bonchev–Trinajstić information content (AvgIpc) is 2.77. The van der Waals surface area contributed by atoms with E-state index in [1.165, 1.54) is 5.56 Å². The van der Waals surface area contributed by atoms with Gasteiger partial charge in [0, 0.05) is 24.7 Å². The Morgan fingerprint density at radius 1 is 0.966 bits per heavy atom. The van der Waals surface area contributed by atoms with Crippen molar-refractivity contribution in [1.29, 1.82) is 0 Å². The Morgan fingerprint density at radius 3 is 2.28 bits per heavy atom. The van der Waals surface area contributed by atoms with E-state index >= 15 is 0 Å². The van der Waals surface area contributed by atoms with Crippen LogP contribution in [0.15, 0.2) is 48.5 Å². The van der Waals surface area contributed by atoms with Gasteiger partial charge in [0.2, 0.25) is 11.7 Å². The molecule has 0 spiro atoms. The number of hydrogen-bond donors (Lipinski definition) is 0. The third kappa shape index (κ3) is 5.11. The minimum absolute atomic E-state index is 0.0278. The topological polar surface area (TPSA) is 48.0 Å². The number of amides is 1. The lowest BCUT2D eigenvalue weighted by molar-refractivity contribution is -0.127. The second kappa shape index (κ2) is 10.0. The second-order valence-corrected chi connectivity index (χ2v) is 7.22. The van der Waals surface area contributed by atoms with Crippen molar-refractivity contribution in [3.8, 4) is 17.2 Å². The number of piperidine rings is 1. The van der Waals surface area contributed by atoms with Crippen LogP contribution >= 0.6 is 0 Å². The van der Waals surface area contributed by atoms with Gasteiger partial charge >= 0.3 is 0 Å². The van der Waals surface area contributed by atoms with Crippen molar-refractivity contribution in [2.24, 2.45) is 5.92 Å². The van der Waals surface area contributed by atoms with Crippen LogP contribution in [0.4, 0.5) is 0 Å². The van der Waals surface area contributed by atoms with E-state index in [2.05, 4.69) is 24.3 Å². The molecule has 0 unspecified atom stereocenters. The highest BCUT2D eigenvalue weighted by molar-refractivity contribution is 5.92. The monoisotopic (exact) mass is 395 g/mol. The number of nitrogens with zero attached hydrogens (tertiary/aromatic N) is 1. The van der Waals surface area contributed by atoms with Crippen molar-refractivity contribution < 1.29 is 19.0 Å². The molecule has 29 heavy (non-hydrogen) atoms. The van der Waals surface area contributed by atoms with Gasteiger partial charge in [-0.15, -0.1) is 0 Å². The Labute approximate surface area is 172 Å². The molecule has 1 saturated heterocycles. The van der Waals surface area contributed by atoms with Crippen molar-refractivity contribution >= 4 is 12.0 Å². The summed E-state index contributed by atoms with van der Waals surface area (Å²) >= 11 is 0. The molecule has 1 fully saturated rings. The first-order valence-corrected chi connectivity index (χ1v) is 9.96. The van der Waals surface area contributed by atoms with Gasteiger partial charge in [0.1, 0.15) is 0 Å². The van der Waals surface area contributed by atoms with Crippen molar-refractivity contribution in [1.82, 2.24) is 4.90 Å². The van der Waals surface area contributed by atoms with Gasteiger partial charge < -0.3 is 19.1 Å². The van der Waals surface area contributed by atoms with Crippen LogP contribution in [-0.4, -0.2) is 45.2 Å². The molecule has 0 aromatic heterocycles. The SMILES string of the molecule is COc1ccc(/C=C/C(=O)N2CCC(Cc3ccccc3)CC2)c(OC)c1OC. The number of carbonyl (C=O) groups is 1. The lowest BCUT2D eigenvalue weighted by Gasteiger charge is -2.31. The van der Waals surface area contributed by atoms with Crippen LogP contribution in [0.2, 0.25) is 0 Å². The third-order valence-corrected chi connectivity index (χ3v) is 5.43. The molecule has 0 atom stereocenters. The smallest absolute Gasteiger partial charge is 0.246 e. The Balaban J connectivity index is 1.60. The first kappa shape index (κ1) is 20.8. The van der Waals surface area contributed by atoms with Gasteiger partial charge in [0.05, 0.1) is 21.3 Å². The molecule has 0 bridgehead atoms. The van der Waals surface area contributed by atoms with E-state index in [-0.39, 0.29) is 5.91 Å². The zero-order valence-electron chi connectivity index (χ0n) is 17.4. The maximum atomic E-state index is 12.7. The fourth-order valence-corrected chi connectivity index (χ4v) is 3.83. The number of rotatable bonds is 7. The molecule has 0 radical (unpaired) electrons. The van der Waals surface area contributed by atoms with Crippen molar-refractivity contribution in [3.05, 3.63) is 59.7 Å². The van der Waals surface area contributed by atoms with Gasteiger partial charge in [0.15, 0.2) is 11.5 Å². The summed E-state index contributed by atoms with van der Waals surface area (Å²) in [5.41, 5.74) is 2.15. The summed E-state index contributed by atoms with van der Waals surface area (Å²) in [6, 6.07) is 14.2. The van der Waals surface area contributed by atoms with Crippen LogP contribution in [0.5, 0.6) is 17.2 Å². The summed E-state index contributed by atoms with van der Waals surface area (Å²) < 4.78 is 16.2. The van der Waals surface area contributed by atoms with Crippen LogP contribution in [0.25, 0.3) is 6.08 Å². The van der Waals surface area contributed by atoms with Gasteiger partial charge in [-0.25, -0.2) is 0 Å². The predicted octanol–water partition coefficient (Wildman–Crippen LogP) is 4.21. The molecule has 1 heterocycles. The van der Waals surface area contributed by atoms with Crippen LogP contribution < -0.4 is 14.2 Å². The predicted molar refractivity (Wildman–Crippen MR) is 115 cm³/mol. The van der Waals surface area contributed by atoms with E-state index in [0.717, 1.165) is 37.9 Å². The molecule has 5 heteroatoms. The van der Waals surface area contributed by atoms with Gasteiger partial charge in [0.25, 0.3) is 0 Å². The van der Waals surface area contributed by atoms with E-state index in [4.69, 9.17) is 14.2 Å². The summed E-state index contributed by atoms with van der Waals surface area (Å²) in [6.45, 7) is 1.59. The summed E-state index contributed by atoms with van der Waals surface area (Å²) in [6.07, 6.45) is 6.55. The summed E-state index contributed by atoms with van der Waals surface area (Å²) in [5.74, 6) is 2.33. The van der Waals surface area contributed by atoms with E-state index < -0.39 is 0 Å². The zero-order chi connectivity index (χ0) is 20.6. The van der Waals surface area contributed by atoms with E-state index in [9.17, 15) is 4.79 Å². The molecule has 0 aliphatic carbocycles. The molecule has 0 saturated carbocycles. The van der Waals surface area contributed by atoms with E-state index in [0.29, 0.717) is 23.2 Å². The van der Waals surface area contributed by atoms with Gasteiger partial charge in [-0.05, 0) is 49.0 Å². The Morgan fingerprint density at radius 2 is 1.66 bits per heavy atom. The fraction of sp³-hybridized carbons (Fsp3) is 0.375. The standard InChI is InChI=1S/C24H29NO4/c1-27-21-11-9-20(23(28-2)24(21)29-3)10-12-22(26)25-15-13-19(14-16-25)17-18-7-5-4-6-8-18/h4-12,19H,13-17H2,1-3H3/b12-10+. The van der Waals surface area contributed by atoms with Crippen LogP contribution in [0, 0.1) is 5.92 Å². The Bertz CT molecular complexity index is 839. The molecule has 1 aliphatic heterocycles. The van der Waals surface area contributed by atoms with Gasteiger partial charge in [-0.1, -0.05) is 30.3 Å².